The molecule has 1 heterocycles. The number of nitrogens with zero attached hydrogens (tertiary/aromatic N) is 2. The van der Waals surface area contributed by atoms with Crippen LogP contribution >= 0.6 is 0 Å². The zero-order valence-corrected chi connectivity index (χ0v) is 12.9. The van der Waals surface area contributed by atoms with E-state index in [1.165, 1.54) is 0 Å². The minimum absolute atomic E-state index is 0.0684. The topological polar surface area (TPSA) is 53.1 Å². The van der Waals surface area contributed by atoms with Crippen molar-refractivity contribution in [1.29, 1.82) is 0 Å². The fourth-order valence-electron chi connectivity index (χ4n) is 2.34. The summed E-state index contributed by atoms with van der Waals surface area (Å²) in [6.07, 6.45) is 1.00. The first-order valence-corrected chi connectivity index (χ1v) is 7.41. The first-order chi connectivity index (χ1) is 9.52. The molecule has 1 atom stereocenters. The molecule has 1 aromatic carbocycles. The van der Waals surface area contributed by atoms with Crippen LogP contribution in [0.25, 0.3) is 11.0 Å². The lowest BCUT2D eigenvalue weighted by Crippen LogP contribution is -2.15. The second-order valence-corrected chi connectivity index (χ2v) is 5.76. The van der Waals surface area contributed by atoms with Crippen LogP contribution in [-0.4, -0.2) is 16.2 Å². The van der Waals surface area contributed by atoms with Gasteiger partial charge in [-0.15, -0.1) is 0 Å². The average molecular weight is 275 g/mol. The Labute approximate surface area is 120 Å². The molecule has 0 radical (unpaired) electrons. The van der Waals surface area contributed by atoms with E-state index in [4.69, 9.17) is 15.5 Å². The van der Waals surface area contributed by atoms with Crippen LogP contribution in [0.4, 0.5) is 0 Å². The monoisotopic (exact) mass is 275 g/mol. The summed E-state index contributed by atoms with van der Waals surface area (Å²) in [6, 6.07) is 6.04. The highest BCUT2D eigenvalue weighted by molar-refractivity contribution is 5.78. The van der Waals surface area contributed by atoms with E-state index in [9.17, 15) is 0 Å². The molecule has 0 aliphatic rings. The fourth-order valence-corrected chi connectivity index (χ4v) is 2.34. The van der Waals surface area contributed by atoms with Crippen LogP contribution in [0.5, 0.6) is 5.75 Å². The molecule has 2 aromatic rings. The molecule has 1 unspecified atom stereocenters. The molecule has 2 rings (SSSR count). The summed E-state index contributed by atoms with van der Waals surface area (Å²) in [7, 11) is 0. The summed E-state index contributed by atoms with van der Waals surface area (Å²) in [4.78, 5) is 4.69. The van der Waals surface area contributed by atoms with E-state index in [-0.39, 0.29) is 6.04 Å². The molecular formula is C16H25N3O. The third-order valence-corrected chi connectivity index (χ3v) is 3.18. The van der Waals surface area contributed by atoms with E-state index in [2.05, 4.69) is 31.4 Å². The van der Waals surface area contributed by atoms with Crippen molar-refractivity contribution in [2.24, 2.45) is 11.7 Å². The molecule has 0 amide bonds. The molecule has 4 heteroatoms. The van der Waals surface area contributed by atoms with Gasteiger partial charge in [0.15, 0.2) is 0 Å². The van der Waals surface area contributed by atoms with Crippen molar-refractivity contribution >= 4 is 11.0 Å². The molecule has 110 valence electrons. The third kappa shape index (κ3) is 3.12. The van der Waals surface area contributed by atoms with Gasteiger partial charge in [0.25, 0.3) is 0 Å². The Morgan fingerprint density at radius 2 is 2.05 bits per heavy atom. The number of hydrogen-bond donors (Lipinski definition) is 1. The van der Waals surface area contributed by atoms with Gasteiger partial charge in [0.05, 0.1) is 23.7 Å². The Bertz CT molecular complexity index is 572. The molecule has 0 fully saturated rings. The van der Waals surface area contributed by atoms with Crippen molar-refractivity contribution in [3.05, 3.63) is 24.0 Å². The maximum atomic E-state index is 6.06. The number of ether oxygens (including phenoxy) is 1. The van der Waals surface area contributed by atoms with Crippen LogP contribution in [0.1, 0.15) is 46.0 Å². The summed E-state index contributed by atoms with van der Waals surface area (Å²) in [5.74, 6) is 2.38. The first-order valence-electron chi connectivity index (χ1n) is 7.41. The molecular weight excluding hydrogens is 250 g/mol. The molecule has 2 N–H and O–H groups in total. The number of nitrogens with two attached hydrogens (primary N) is 1. The van der Waals surface area contributed by atoms with Gasteiger partial charge in [-0.2, -0.15) is 0 Å². The molecule has 0 aliphatic carbocycles. The third-order valence-electron chi connectivity index (χ3n) is 3.18. The highest BCUT2D eigenvalue weighted by Gasteiger charge is 2.15. The molecule has 0 spiro atoms. The molecule has 1 aromatic heterocycles. The predicted molar refractivity (Wildman–Crippen MR) is 83.0 cm³/mol. The van der Waals surface area contributed by atoms with Gasteiger partial charge in [0.2, 0.25) is 0 Å². The van der Waals surface area contributed by atoms with E-state index < -0.39 is 0 Å². The zero-order valence-electron chi connectivity index (χ0n) is 12.9. The minimum Gasteiger partial charge on any atom is -0.494 e. The van der Waals surface area contributed by atoms with Crippen LogP contribution in [-0.2, 0) is 6.54 Å². The summed E-state index contributed by atoms with van der Waals surface area (Å²) in [6.45, 7) is 10.2. The van der Waals surface area contributed by atoms with E-state index in [1.54, 1.807) is 0 Å². The van der Waals surface area contributed by atoms with Crippen molar-refractivity contribution in [3.8, 4) is 5.75 Å². The first kappa shape index (κ1) is 14.9. The van der Waals surface area contributed by atoms with Gasteiger partial charge in [0, 0.05) is 12.6 Å². The second-order valence-electron chi connectivity index (χ2n) is 5.76. The Kier molecular flexibility index (Phi) is 4.65. The molecule has 0 bridgehead atoms. The number of aromatic nitrogens is 2. The van der Waals surface area contributed by atoms with Crippen molar-refractivity contribution in [2.45, 2.75) is 46.7 Å². The standard InChI is InChI=1S/C16H25N3O/c1-5-8-20-13-6-7-15-14(9-13)18-16(12(4)17)19(15)10-11(2)3/h6-7,9,11-12H,5,8,10,17H2,1-4H3. The Morgan fingerprint density at radius 3 is 2.65 bits per heavy atom. The van der Waals surface area contributed by atoms with E-state index in [0.717, 1.165) is 42.2 Å². The summed E-state index contributed by atoms with van der Waals surface area (Å²) < 4.78 is 7.90. The van der Waals surface area contributed by atoms with Gasteiger partial charge < -0.3 is 15.0 Å². The van der Waals surface area contributed by atoms with Crippen molar-refractivity contribution < 1.29 is 4.74 Å². The highest BCUT2D eigenvalue weighted by Crippen LogP contribution is 2.25. The Balaban J connectivity index is 2.44. The van der Waals surface area contributed by atoms with Crippen molar-refractivity contribution in [3.63, 3.8) is 0 Å². The summed E-state index contributed by atoms with van der Waals surface area (Å²) in [5, 5.41) is 0. The smallest absolute Gasteiger partial charge is 0.126 e. The fraction of sp³-hybridized carbons (Fsp3) is 0.562. The largest absolute Gasteiger partial charge is 0.494 e. The molecule has 20 heavy (non-hydrogen) atoms. The average Bonchev–Trinajstić information content (AvgIpc) is 2.74. The van der Waals surface area contributed by atoms with Gasteiger partial charge >= 0.3 is 0 Å². The van der Waals surface area contributed by atoms with Gasteiger partial charge in [0.1, 0.15) is 11.6 Å². The normalized spacial score (nSPS) is 13.1. The van der Waals surface area contributed by atoms with E-state index in [1.807, 2.05) is 19.1 Å². The van der Waals surface area contributed by atoms with Crippen LogP contribution in [0, 0.1) is 5.92 Å². The molecule has 4 nitrogen and oxygen atoms in total. The Hall–Kier alpha value is -1.55. The lowest BCUT2D eigenvalue weighted by atomic mass is 10.2. The second kappa shape index (κ2) is 6.27. The number of imidazole rings is 1. The summed E-state index contributed by atoms with van der Waals surface area (Å²) in [5.41, 5.74) is 8.16. The molecule has 0 saturated heterocycles. The van der Waals surface area contributed by atoms with Gasteiger partial charge in [-0.05, 0) is 31.4 Å². The van der Waals surface area contributed by atoms with Gasteiger partial charge in [-0.25, -0.2) is 4.98 Å². The maximum Gasteiger partial charge on any atom is 0.126 e. The van der Waals surface area contributed by atoms with Crippen LogP contribution in [0.15, 0.2) is 18.2 Å². The van der Waals surface area contributed by atoms with Crippen molar-refractivity contribution in [2.75, 3.05) is 6.61 Å². The predicted octanol–water partition coefficient (Wildman–Crippen LogP) is 3.50. The Morgan fingerprint density at radius 1 is 1.30 bits per heavy atom. The number of benzene rings is 1. The number of fused-ring (bicyclic) bond motifs is 1. The highest BCUT2D eigenvalue weighted by atomic mass is 16.5. The maximum absolute atomic E-state index is 6.06. The number of rotatable bonds is 6. The van der Waals surface area contributed by atoms with Crippen molar-refractivity contribution in [1.82, 2.24) is 9.55 Å². The van der Waals surface area contributed by atoms with Crippen LogP contribution in [0.2, 0.25) is 0 Å². The quantitative estimate of drug-likeness (QED) is 0.877. The zero-order chi connectivity index (χ0) is 14.7. The lowest BCUT2D eigenvalue weighted by molar-refractivity contribution is 0.318. The molecule has 0 saturated carbocycles. The van der Waals surface area contributed by atoms with E-state index in [0.29, 0.717) is 5.92 Å². The van der Waals surface area contributed by atoms with Crippen LogP contribution < -0.4 is 10.5 Å². The van der Waals surface area contributed by atoms with E-state index >= 15 is 0 Å². The SMILES string of the molecule is CCCOc1ccc2c(c1)nc(C(C)N)n2CC(C)C. The lowest BCUT2D eigenvalue weighted by Gasteiger charge is -2.13. The van der Waals surface area contributed by atoms with Gasteiger partial charge in [-0.1, -0.05) is 20.8 Å². The molecule has 0 aliphatic heterocycles. The summed E-state index contributed by atoms with van der Waals surface area (Å²) >= 11 is 0. The minimum atomic E-state index is -0.0684. The van der Waals surface area contributed by atoms with Crippen LogP contribution in [0.3, 0.4) is 0 Å². The van der Waals surface area contributed by atoms with Gasteiger partial charge in [-0.3, -0.25) is 0 Å². The number of hydrogen-bond acceptors (Lipinski definition) is 3.